The van der Waals surface area contributed by atoms with Crippen molar-refractivity contribution in [3.05, 3.63) is 65.5 Å². The molecular weight excluding hydrogens is 331 g/mol. The molecular formula is C21H25FN2O2. The van der Waals surface area contributed by atoms with Crippen molar-refractivity contribution in [3.63, 3.8) is 0 Å². The number of carbonyl (C=O) groups excluding carboxylic acids is 2. The molecule has 1 N–H and O–H groups in total. The molecule has 5 heteroatoms. The fourth-order valence-electron chi connectivity index (χ4n) is 2.74. The summed E-state index contributed by atoms with van der Waals surface area (Å²) in [4.78, 5) is 26.0. The molecule has 0 atom stereocenters. The Hall–Kier alpha value is -2.69. The maximum Gasteiger partial charge on any atom is 0.240 e. The van der Waals surface area contributed by atoms with Crippen LogP contribution in [0.2, 0.25) is 0 Å². The largest absolute Gasteiger partial charge is 0.350 e. The molecule has 2 rings (SSSR count). The van der Waals surface area contributed by atoms with Gasteiger partial charge in [0.1, 0.15) is 12.4 Å². The van der Waals surface area contributed by atoms with Gasteiger partial charge in [-0.1, -0.05) is 57.2 Å². The number of benzene rings is 2. The zero-order valence-corrected chi connectivity index (χ0v) is 15.7. The van der Waals surface area contributed by atoms with Gasteiger partial charge in [-0.3, -0.25) is 9.59 Å². The minimum absolute atomic E-state index is 0.0815. The van der Waals surface area contributed by atoms with Gasteiger partial charge < -0.3 is 10.2 Å². The van der Waals surface area contributed by atoms with Gasteiger partial charge in [-0.25, -0.2) is 4.39 Å². The van der Waals surface area contributed by atoms with Crippen LogP contribution in [0.3, 0.4) is 0 Å². The lowest BCUT2D eigenvalue weighted by molar-refractivity contribution is -0.123. The second kappa shape index (κ2) is 8.13. The fourth-order valence-corrected chi connectivity index (χ4v) is 2.74. The summed E-state index contributed by atoms with van der Waals surface area (Å²) < 4.78 is 13.7. The summed E-state index contributed by atoms with van der Waals surface area (Å²) in [6.45, 7) is 7.58. The Morgan fingerprint density at radius 1 is 1.04 bits per heavy atom. The van der Waals surface area contributed by atoms with Gasteiger partial charge in [0.05, 0.1) is 0 Å². The molecule has 2 aromatic carbocycles. The molecule has 26 heavy (non-hydrogen) atoms. The molecule has 0 spiro atoms. The zero-order chi connectivity index (χ0) is 19.3. The monoisotopic (exact) mass is 356 g/mol. The van der Waals surface area contributed by atoms with E-state index in [0.29, 0.717) is 11.3 Å². The number of carbonyl (C=O) groups is 2. The van der Waals surface area contributed by atoms with Crippen LogP contribution in [0, 0.1) is 5.82 Å². The molecule has 0 aliphatic carbocycles. The van der Waals surface area contributed by atoms with Crippen LogP contribution in [0.15, 0.2) is 48.5 Å². The number of hydrogen-bond donors (Lipinski definition) is 1. The Bertz CT molecular complexity index is 797. The average molecular weight is 356 g/mol. The minimum atomic E-state index is -0.366. The van der Waals surface area contributed by atoms with Gasteiger partial charge in [0.2, 0.25) is 11.8 Å². The third-order valence-corrected chi connectivity index (χ3v) is 4.12. The average Bonchev–Trinajstić information content (AvgIpc) is 2.58. The van der Waals surface area contributed by atoms with E-state index in [4.69, 9.17) is 0 Å². The van der Waals surface area contributed by atoms with E-state index in [1.807, 2.05) is 24.3 Å². The number of nitrogens with one attached hydrogen (secondary N) is 1. The van der Waals surface area contributed by atoms with Crippen LogP contribution in [0.25, 0.3) is 0 Å². The fraction of sp³-hybridized carbons (Fsp3) is 0.333. The lowest BCUT2D eigenvalue weighted by Gasteiger charge is -2.29. The second-order valence-corrected chi connectivity index (χ2v) is 7.24. The van der Waals surface area contributed by atoms with E-state index in [1.54, 1.807) is 18.2 Å². The van der Waals surface area contributed by atoms with E-state index < -0.39 is 0 Å². The molecule has 0 unspecified atom stereocenters. The Labute approximate surface area is 154 Å². The van der Waals surface area contributed by atoms with Crippen LogP contribution < -0.4 is 10.2 Å². The second-order valence-electron chi connectivity index (χ2n) is 7.24. The Morgan fingerprint density at radius 3 is 2.27 bits per heavy atom. The van der Waals surface area contributed by atoms with Gasteiger partial charge >= 0.3 is 0 Å². The SMILES string of the molecule is CC(=O)N(CC(=O)NCc1ccccc1F)c1ccccc1C(C)(C)C. The zero-order valence-electron chi connectivity index (χ0n) is 15.7. The lowest BCUT2D eigenvalue weighted by atomic mass is 9.85. The first kappa shape index (κ1) is 19.6. The van der Waals surface area contributed by atoms with Crippen LogP contribution in [0.4, 0.5) is 10.1 Å². The Kier molecular flexibility index (Phi) is 6.14. The quantitative estimate of drug-likeness (QED) is 0.886. The number of anilines is 1. The van der Waals surface area contributed by atoms with E-state index in [0.717, 1.165) is 5.56 Å². The van der Waals surface area contributed by atoms with E-state index in [2.05, 4.69) is 26.1 Å². The predicted octanol–water partition coefficient (Wildman–Crippen LogP) is 3.79. The predicted molar refractivity (Wildman–Crippen MR) is 101 cm³/mol. The third kappa shape index (κ3) is 4.91. The van der Waals surface area contributed by atoms with Crippen LogP contribution in [-0.4, -0.2) is 18.4 Å². The highest BCUT2D eigenvalue weighted by Gasteiger charge is 2.24. The van der Waals surface area contributed by atoms with Gasteiger partial charge in [-0.2, -0.15) is 0 Å². The van der Waals surface area contributed by atoms with Crippen molar-refractivity contribution in [1.29, 1.82) is 0 Å². The van der Waals surface area contributed by atoms with Gasteiger partial charge in [0.25, 0.3) is 0 Å². The molecule has 0 bridgehead atoms. The van der Waals surface area contributed by atoms with Gasteiger partial charge in [-0.15, -0.1) is 0 Å². The molecule has 0 saturated heterocycles. The van der Waals surface area contributed by atoms with Crippen molar-refractivity contribution in [3.8, 4) is 0 Å². The van der Waals surface area contributed by atoms with E-state index in [9.17, 15) is 14.0 Å². The topological polar surface area (TPSA) is 49.4 Å². The molecule has 0 aliphatic heterocycles. The Balaban J connectivity index is 2.16. The highest BCUT2D eigenvalue weighted by Crippen LogP contribution is 2.31. The molecule has 0 saturated carbocycles. The normalized spacial score (nSPS) is 11.1. The van der Waals surface area contributed by atoms with E-state index >= 15 is 0 Å². The van der Waals surface area contributed by atoms with Crippen molar-refractivity contribution < 1.29 is 14.0 Å². The number of nitrogens with zero attached hydrogens (tertiary/aromatic N) is 1. The van der Waals surface area contributed by atoms with Crippen molar-refractivity contribution in [1.82, 2.24) is 5.32 Å². The van der Waals surface area contributed by atoms with Crippen molar-refractivity contribution >= 4 is 17.5 Å². The first-order chi connectivity index (χ1) is 12.2. The maximum atomic E-state index is 13.7. The van der Waals surface area contributed by atoms with Crippen LogP contribution in [-0.2, 0) is 21.5 Å². The van der Waals surface area contributed by atoms with Crippen molar-refractivity contribution in [2.45, 2.75) is 39.7 Å². The van der Waals surface area contributed by atoms with Crippen molar-refractivity contribution in [2.24, 2.45) is 0 Å². The molecule has 2 aromatic rings. The first-order valence-corrected chi connectivity index (χ1v) is 8.58. The number of amides is 2. The molecule has 0 fully saturated rings. The minimum Gasteiger partial charge on any atom is -0.350 e. The molecule has 0 aliphatic rings. The summed E-state index contributed by atoms with van der Waals surface area (Å²) >= 11 is 0. The standard InChI is InChI=1S/C21H25FN2O2/c1-15(25)24(19-12-8-6-10-17(19)21(2,3)4)14-20(26)23-13-16-9-5-7-11-18(16)22/h5-12H,13-14H2,1-4H3,(H,23,26). The summed E-state index contributed by atoms with van der Waals surface area (Å²) in [5, 5.41) is 2.68. The number of halogens is 1. The molecule has 0 radical (unpaired) electrons. The summed E-state index contributed by atoms with van der Waals surface area (Å²) in [6.07, 6.45) is 0. The summed E-state index contributed by atoms with van der Waals surface area (Å²) in [5.41, 5.74) is 1.93. The highest BCUT2D eigenvalue weighted by molar-refractivity contribution is 5.98. The molecule has 0 heterocycles. The van der Waals surface area contributed by atoms with E-state index in [1.165, 1.54) is 17.9 Å². The molecule has 0 aromatic heterocycles. The van der Waals surface area contributed by atoms with E-state index in [-0.39, 0.29) is 36.1 Å². The van der Waals surface area contributed by atoms with Crippen LogP contribution in [0.1, 0.15) is 38.8 Å². The lowest BCUT2D eigenvalue weighted by Crippen LogP contribution is -2.40. The van der Waals surface area contributed by atoms with Crippen LogP contribution >= 0.6 is 0 Å². The highest BCUT2D eigenvalue weighted by atomic mass is 19.1. The van der Waals surface area contributed by atoms with Crippen molar-refractivity contribution in [2.75, 3.05) is 11.4 Å². The number of hydrogen-bond acceptors (Lipinski definition) is 2. The molecule has 138 valence electrons. The number of para-hydroxylation sites is 1. The van der Waals surface area contributed by atoms with Gasteiger partial charge in [0, 0.05) is 24.7 Å². The molecule has 2 amide bonds. The summed E-state index contributed by atoms with van der Waals surface area (Å²) in [7, 11) is 0. The molecule has 4 nitrogen and oxygen atoms in total. The Morgan fingerprint density at radius 2 is 1.65 bits per heavy atom. The summed E-state index contributed by atoms with van der Waals surface area (Å²) in [5.74, 6) is -0.927. The van der Waals surface area contributed by atoms with Gasteiger partial charge in [-0.05, 0) is 23.1 Å². The smallest absolute Gasteiger partial charge is 0.240 e. The number of rotatable bonds is 5. The first-order valence-electron chi connectivity index (χ1n) is 8.58. The van der Waals surface area contributed by atoms with Gasteiger partial charge in [0.15, 0.2) is 0 Å². The van der Waals surface area contributed by atoms with Crippen LogP contribution in [0.5, 0.6) is 0 Å². The third-order valence-electron chi connectivity index (χ3n) is 4.12. The summed E-state index contributed by atoms with van der Waals surface area (Å²) in [6, 6.07) is 13.8. The maximum absolute atomic E-state index is 13.7.